The van der Waals surface area contributed by atoms with Gasteiger partial charge in [0.25, 0.3) is 0 Å². The predicted octanol–water partition coefficient (Wildman–Crippen LogP) is 6.51. The van der Waals surface area contributed by atoms with E-state index in [0.29, 0.717) is 46.1 Å². The van der Waals surface area contributed by atoms with Crippen LogP contribution < -0.4 is 10.1 Å². The maximum atomic E-state index is 14.3. The van der Waals surface area contributed by atoms with Gasteiger partial charge < -0.3 is 15.0 Å². The van der Waals surface area contributed by atoms with Gasteiger partial charge in [0.15, 0.2) is 11.5 Å². The number of fused-ring (bicyclic) bond motifs is 2. The highest BCUT2D eigenvalue weighted by atomic mass is 19.1. The predicted molar refractivity (Wildman–Crippen MR) is 152 cm³/mol. The van der Waals surface area contributed by atoms with Crippen LogP contribution in [0.1, 0.15) is 26.2 Å². The Morgan fingerprint density at radius 3 is 2.80 bits per heavy atom. The average Bonchev–Trinajstić information content (AvgIpc) is 3.59. The number of hydrogen-bond donors (Lipinski definition) is 3. The van der Waals surface area contributed by atoms with Crippen molar-refractivity contribution in [1.82, 2.24) is 30.1 Å². The summed E-state index contributed by atoms with van der Waals surface area (Å²) in [6, 6.07) is 14.2. The number of nitrogens with one attached hydrogen (secondary N) is 3. The van der Waals surface area contributed by atoms with Gasteiger partial charge in [0, 0.05) is 41.4 Å². The molecule has 0 saturated carbocycles. The molecule has 0 aliphatic heterocycles. The molecule has 0 atom stereocenters. The number of halogens is 1. The van der Waals surface area contributed by atoms with Crippen LogP contribution in [0.15, 0.2) is 67.1 Å². The van der Waals surface area contributed by atoms with E-state index in [2.05, 4.69) is 37.4 Å². The number of benzene rings is 2. The van der Waals surface area contributed by atoms with Crippen LogP contribution in [-0.4, -0.2) is 43.2 Å². The molecule has 10 heteroatoms. The molecule has 9 nitrogen and oxygen atoms in total. The number of rotatable bonds is 8. The summed E-state index contributed by atoms with van der Waals surface area (Å²) < 4.78 is 19.5. The highest BCUT2D eigenvalue weighted by Gasteiger charge is 2.17. The topological polar surface area (TPSA) is 121 Å². The van der Waals surface area contributed by atoms with Gasteiger partial charge in [-0.15, -0.1) is 0 Å². The number of pyridine rings is 2. The van der Waals surface area contributed by atoms with Crippen molar-refractivity contribution in [2.45, 2.75) is 26.2 Å². The first-order valence-electron chi connectivity index (χ1n) is 13.0. The van der Waals surface area contributed by atoms with Crippen molar-refractivity contribution in [3.05, 3.63) is 72.9 Å². The molecule has 0 aliphatic carbocycles. The Morgan fingerprint density at radius 1 is 1.05 bits per heavy atom. The summed E-state index contributed by atoms with van der Waals surface area (Å²) in [5.74, 6) is 0.522. The van der Waals surface area contributed by atoms with E-state index in [1.807, 2.05) is 24.3 Å². The molecule has 0 radical (unpaired) electrons. The second-order valence-electron chi connectivity index (χ2n) is 9.47. The summed E-state index contributed by atoms with van der Waals surface area (Å²) >= 11 is 0. The minimum atomic E-state index is -0.399. The number of H-pyrrole nitrogens is 2. The summed E-state index contributed by atoms with van der Waals surface area (Å²) in [7, 11) is 1.50. The highest BCUT2D eigenvalue weighted by Crippen LogP contribution is 2.34. The van der Waals surface area contributed by atoms with Crippen LogP contribution >= 0.6 is 0 Å². The van der Waals surface area contributed by atoms with Gasteiger partial charge in [0.05, 0.1) is 30.0 Å². The average molecular weight is 536 g/mol. The van der Waals surface area contributed by atoms with Crippen LogP contribution in [0.25, 0.3) is 55.8 Å². The Bertz CT molecular complexity index is 1860. The molecule has 0 aliphatic rings. The highest BCUT2D eigenvalue weighted by molar-refractivity contribution is 5.98. The van der Waals surface area contributed by atoms with Crippen LogP contribution in [0.2, 0.25) is 0 Å². The van der Waals surface area contributed by atoms with E-state index in [1.54, 1.807) is 30.7 Å². The number of carbonyl (C=O) groups excluding carboxylic acids is 1. The smallest absolute Gasteiger partial charge is 0.224 e. The van der Waals surface area contributed by atoms with Gasteiger partial charge in [0.1, 0.15) is 17.3 Å². The van der Waals surface area contributed by atoms with E-state index in [-0.39, 0.29) is 5.91 Å². The van der Waals surface area contributed by atoms with E-state index in [0.717, 1.165) is 40.4 Å². The normalized spacial score (nSPS) is 11.3. The third kappa shape index (κ3) is 4.86. The van der Waals surface area contributed by atoms with E-state index in [4.69, 9.17) is 9.72 Å². The minimum absolute atomic E-state index is 0.0251. The summed E-state index contributed by atoms with van der Waals surface area (Å²) in [6.07, 6.45) is 7.32. The number of unbranched alkanes of at least 4 members (excludes halogenated alkanes) is 1. The molecular formula is C30H26FN7O2. The molecular weight excluding hydrogens is 509 g/mol. The fraction of sp³-hybridized carbons (Fsp3) is 0.167. The molecule has 40 heavy (non-hydrogen) atoms. The molecule has 0 spiro atoms. The van der Waals surface area contributed by atoms with Crippen LogP contribution in [0, 0.1) is 5.82 Å². The summed E-state index contributed by atoms with van der Waals surface area (Å²) in [5.41, 5.74) is 6.40. The lowest BCUT2D eigenvalue weighted by atomic mass is 10.0. The minimum Gasteiger partial charge on any atom is -0.497 e. The van der Waals surface area contributed by atoms with E-state index >= 15 is 0 Å². The number of amides is 1. The van der Waals surface area contributed by atoms with E-state index in [9.17, 15) is 9.18 Å². The Balaban J connectivity index is 1.38. The second kappa shape index (κ2) is 10.6. The number of aromatic amines is 2. The molecule has 3 N–H and O–H groups in total. The van der Waals surface area contributed by atoms with Gasteiger partial charge in [-0.2, -0.15) is 5.10 Å². The maximum Gasteiger partial charge on any atom is 0.224 e. The number of carbonyl (C=O) groups is 1. The van der Waals surface area contributed by atoms with Gasteiger partial charge in [-0.3, -0.25) is 14.9 Å². The zero-order valence-corrected chi connectivity index (χ0v) is 22.0. The summed E-state index contributed by atoms with van der Waals surface area (Å²) in [5, 5.41) is 11.4. The van der Waals surface area contributed by atoms with Crippen LogP contribution in [-0.2, 0) is 4.79 Å². The number of anilines is 1. The molecule has 0 fully saturated rings. The number of hydrogen-bond acceptors (Lipinski definition) is 6. The lowest BCUT2D eigenvalue weighted by molar-refractivity contribution is -0.116. The lowest BCUT2D eigenvalue weighted by Gasteiger charge is -2.07. The molecule has 6 aromatic rings. The van der Waals surface area contributed by atoms with E-state index < -0.39 is 5.82 Å². The zero-order valence-electron chi connectivity index (χ0n) is 22.0. The lowest BCUT2D eigenvalue weighted by Crippen LogP contribution is -2.11. The van der Waals surface area contributed by atoms with Crippen LogP contribution in [0.4, 0.5) is 10.1 Å². The van der Waals surface area contributed by atoms with Crippen molar-refractivity contribution in [2.75, 3.05) is 12.4 Å². The molecule has 200 valence electrons. The largest absolute Gasteiger partial charge is 0.497 e. The van der Waals surface area contributed by atoms with Gasteiger partial charge in [0.2, 0.25) is 5.91 Å². The fourth-order valence-corrected chi connectivity index (χ4v) is 4.70. The number of aromatic nitrogens is 6. The van der Waals surface area contributed by atoms with Crippen molar-refractivity contribution in [3.63, 3.8) is 0 Å². The fourth-order valence-electron chi connectivity index (χ4n) is 4.70. The van der Waals surface area contributed by atoms with Crippen molar-refractivity contribution in [2.24, 2.45) is 0 Å². The number of ether oxygens (including phenoxy) is 1. The Hall–Kier alpha value is -5.12. The third-order valence-electron chi connectivity index (χ3n) is 6.71. The Labute approximate surface area is 228 Å². The number of nitrogens with zero attached hydrogens (tertiary/aromatic N) is 4. The first-order valence-corrected chi connectivity index (χ1v) is 13.0. The molecule has 0 bridgehead atoms. The van der Waals surface area contributed by atoms with Crippen LogP contribution in [0.5, 0.6) is 5.75 Å². The van der Waals surface area contributed by atoms with Gasteiger partial charge in [-0.25, -0.2) is 14.4 Å². The first-order chi connectivity index (χ1) is 19.5. The van der Waals surface area contributed by atoms with Gasteiger partial charge >= 0.3 is 0 Å². The Kier molecular flexibility index (Phi) is 6.65. The van der Waals surface area contributed by atoms with Crippen molar-refractivity contribution in [1.29, 1.82) is 0 Å². The molecule has 4 aromatic heterocycles. The quantitative estimate of drug-likeness (QED) is 0.204. The van der Waals surface area contributed by atoms with Crippen molar-refractivity contribution >= 4 is 33.7 Å². The zero-order chi connectivity index (χ0) is 27.6. The maximum absolute atomic E-state index is 14.3. The number of methoxy groups -OCH3 is 1. The molecule has 0 unspecified atom stereocenters. The van der Waals surface area contributed by atoms with Gasteiger partial charge in [-0.1, -0.05) is 19.4 Å². The third-order valence-corrected chi connectivity index (χ3v) is 6.71. The molecule has 2 aromatic carbocycles. The van der Waals surface area contributed by atoms with Gasteiger partial charge in [-0.05, 0) is 53.9 Å². The standard InChI is InChI=1S/C30H26FN7O2/c1-3-4-5-26(39)34-21-11-19(15-32-16-21)17-6-7-25-24(13-17)28(38-37-25)30-35-27-23(8-9-33-29(27)36-30)18-10-20(31)14-22(12-18)40-2/h6-16H,3-5H2,1-2H3,(H,34,39)(H,37,38)(H,33,35,36). The second-order valence-corrected chi connectivity index (χ2v) is 9.47. The van der Waals surface area contributed by atoms with Crippen molar-refractivity contribution in [3.8, 4) is 39.5 Å². The van der Waals surface area contributed by atoms with Crippen LogP contribution in [0.3, 0.4) is 0 Å². The number of imidazole rings is 1. The summed E-state index contributed by atoms with van der Waals surface area (Å²) in [6.45, 7) is 2.05. The Morgan fingerprint density at radius 2 is 1.95 bits per heavy atom. The molecule has 4 heterocycles. The first kappa shape index (κ1) is 25.2. The van der Waals surface area contributed by atoms with Crippen molar-refractivity contribution < 1.29 is 13.9 Å². The monoisotopic (exact) mass is 535 g/mol. The molecule has 1 amide bonds. The van der Waals surface area contributed by atoms with E-state index in [1.165, 1.54) is 19.2 Å². The molecule has 6 rings (SSSR count). The summed E-state index contributed by atoms with van der Waals surface area (Å²) in [4.78, 5) is 29.0. The SMILES string of the molecule is CCCCC(=O)Nc1cncc(-c2ccc3[nH]nc(-c4nc5nccc(-c6cc(F)cc(OC)c6)c5[nH]4)c3c2)c1. The molecule has 0 saturated heterocycles.